The highest BCUT2D eigenvalue weighted by molar-refractivity contribution is 5.47. The van der Waals surface area contributed by atoms with Gasteiger partial charge < -0.3 is 15.3 Å². The lowest BCUT2D eigenvalue weighted by atomic mass is 10.1. The largest absolute Gasteiger partial charge is 0.393 e. The van der Waals surface area contributed by atoms with Crippen LogP contribution < -0.4 is 10.2 Å². The van der Waals surface area contributed by atoms with Crippen LogP contribution >= 0.6 is 0 Å². The summed E-state index contributed by atoms with van der Waals surface area (Å²) in [5.41, 5.74) is 1.24. The Kier molecular flexibility index (Phi) is 4.34. The van der Waals surface area contributed by atoms with E-state index in [0.29, 0.717) is 0 Å². The summed E-state index contributed by atoms with van der Waals surface area (Å²) >= 11 is 0. The summed E-state index contributed by atoms with van der Waals surface area (Å²) in [4.78, 5) is 6.76. The summed E-state index contributed by atoms with van der Waals surface area (Å²) in [6.07, 6.45) is 3.40. The molecule has 94 valence electrons. The van der Waals surface area contributed by atoms with Crippen LogP contribution in [0.3, 0.4) is 0 Å². The van der Waals surface area contributed by atoms with Gasteiger partial charge in [-0.3, -0.25) is 0 Å². The molecule has 1 aromatic heterocycles. The third-order valence-corrected chi connectivity index (χ3v) is 3.20. The standard InChI is InChI=1S/C13H21N3O/c1-2-14-10-11-4-3-7-15-13(11)16-8-5-12(17)6-9-16/h3-4,7,12,14,17H,2,5-6,8-10H2,1H3. The lowest BCUT2D eigenvalue weighted by molar-refractivity contribution is 0.145. The Morgan fingerprint density at radius 2 is 2.24 bits per heavy atom. The molecule has 4 heteroatoms. The fourth-order valence-corrected chi connectivity index (χ4v) is 2.19. The molecule has 0 saturated carbocycles. The molecule has 0 atom stereocenters. The highest BCUT2D eigenvalue weighted by Crippen LogP contribution is 2.21. The summed E-state index contributed by atoms with van der Waals surface area (Å²) in [5.74, 6) is 1.07. The second-order valence-electron chi connectivity index (χ2n) is 4.48. The molecule has 0 aliphatic carbocycles. The minimum absolute atomic E-state index is 0.132. The molecule has 17 heavy (non-hydrogen) atoms. The number of pyridine rings is 1. The predicted molar refractivity (Wildman–Crippen MR) is 69.1 cm³/mol. The van der Waals surface area contributed by atoms with E-state index in [4.69, 9.17) is 0 Å². The summed E-state index contributed by atoms with van der Waals surface area (Å²) in [7, 11) is 0. The second kappa shape index (κ2) is 5.98. The SMILES string of the molecule is CCNCc1cccnc1N1CCC(O)CC1. The first-order valence-corrected chi connectivity index (χ1v) is 6.39. The van der Waals surface area contributed by atoms with Gasteiger partial charge in [0.25, 0.3) is 0 Å². The van der Waals surface area contributed by atoms with E-state index in [9.17, 15) is 5.11 Å². The maximum atomic E-state index is 9.53. The van der Waals surface area contributed by atoms with Crippen LogP contribution in [0.15, 0.2) is 18.3 Å². The first-order chi connectivity index (χ1) is 8.31. The number of aliphatic hydroxyl groups is 1. The number of piperidine rings is 1. The molecule has 1 aliphatic rings. The van der Waals surface area contributed by atoms with E-state index in [2.05, 4.69) is 28.2 Å². The average Bonchev–Trinajstić information content (AvgIpc) is 2.38. The first-order valence-electron chi connectivity index (χ1n) is 6.39. The molecule has 0 aromatic carbocycles. The van der Waals surface area contributed by atoms with Crippen LogP contribution in [0, 0.1) is 0 Å². The normalized spacial score (nSPS) is 17.4. The molecule has 1 aromatic rings. The van der Waals surface area contributed by atoms with Gasteiger partial charge in [-0.15, -0.1) is 0 Å². The number of anilines is 1. The van der Waals surface area contributed by atoms with Crippen molar-refractivity contribution in [3.63, 3.8) is 0 Å². The van der Waals surface area contributed by atoms with Crippen molar-refractivity contribution >= 4 is 5.82 Å². The number of hydrogen-bond donors (Lipinski definition) is 2. The van der Waals surface area contributed by atoms with Gasteiger partial charge in [-0.05, 0) is 25.5 Å². The van der Waals surface area contributed by atoms with Gasteiger partial charge in [-0.1, -0.05) is 13.0 Å². The Morgan fingerprint density at radius 3 is 2.94 bits per heavy atom. The van der Waals surface area contributed by atoms with Crippen LogP contribution in [0.1, 0.15) is 25.3 Å². The van der Waals surface area contributed by atoms with Gasteiger partial charge in [-0.25, -0.2) is 4.98 Å². The summed E-state index contributed by atoms with van der Waals surface area (Å²) in [6, 6.07) is 4.10. The number of rotatable bonds is 4. The molecular formula is C13H21N3O. The summed E-state index contributed by atoms with van der Waals surface area (Å²) < 4.78 is 0. The van der Waals surface area contributed by atoms with Crippen LogP contribution in [-0.4, -0.2) is 35.8 Å². The van der Waals surface area contributed by atoms with Gasteiger partial charge in [0.15, 0.2) is 0 Å². The Labute approximate surface area is 103 Å². The zero-order valence-corrected chi connectivity index (χ0v) is 10.4. The Balaban J connectivity index is 2.08. The van der Waals surface area contributed by atoms with Crippen molar-refractivity contribution < 1.29 is 5.11 Å². The molecule has 1 aliphatic heterocycles. The first kappa shape index (κ1) is 12.3. The molecule has 0 amide bonds. The Bertz CT molecular complexity index is 348. The van der Waals surface area contributed by atoms with E-state index < -0.39 is 0 Å². The quantitative estimate of drug-likeness (QED) is 0.822. The van der Waals surface area contributed by atoms with Crippen LogP contribution in [0.25, 0.3) is 0 Å². The van der Waals surface area contributed by atoms with Crippen molar-refractivity contribution in [2.24, 2.45) is 0 Å². The van der Waals surface area contributed by atoms with Gasteiger partial charge in [0.2, 0.25) is 0 Å². The van der Waals surface area contributed by atoms with Gasteiger partial charge in [0, 0.05) is 31.4 Å². The molecule has 0 spiro atoms. The van der Waals surface area contributed by atoms with E-state index in [-0.39, 0.29) is 6.10 Å². The summed E-state index contributed by atoms with van der Waals surface area (Å²) in [5, 5.41) is 12.9. The zero-order valence-electron chi connectivity index (χ0n) is 10.4. The predicted octanol–water partition coefficient (Wildman–Crippen LogP) is 1.15. The van der Waals surface area contributed by atoms with E-state index in [1.54, 1.807) is 0 Å². The van der Waals surface area contributed by atoms with E-state index in [1.165, 1.54) is 5.56 Å². The van der Waals surface area contributed by atoms with Crippen molar-refractivity contribution in [3.05, 3.63) is 23.9 Å². The molecule has 2 rings (SSSR count). The molecule has 2 N–H and O–H groups in total. The highest BCUT2D eigenvalue weighted by Gasteiger charge is 2.19. The lowest BCUT2D eigenvalue weighted by Crippen LogP contribution is -2.37. The molecule has 0 bridgehead atoms. The van der Waals surface area contributed by atoms with Crippen LogP contribution in [-0.2, 0) is 6.54 Å². The molecule has 2 heterocycles. The molecule has 0 unspecified atom stereocenters. The topological polar surface area (TPSA) is 48.4 Å². The number of aliphatic hydroxyl groups excluding tert-OH is 1. The highest BCUT2D eigenvalue weighted by atomic mass is 16.3. The Morgan fingerprint density at radius 1 is 1.47 bits per heavy atom. The minimum Gasteiger partial charge on any atom is -0.393 e. The fourth-order valence-electron chi connectivity index (χ4n) is 2.19. The van der Waals surface area contributed by atoms with Gasteiger partial charge in [-0.2, -0.15) is 0 Å². The number of hydrogen-bond acceptors (Lipinski definition) is 4. The maximum Gasteiger partial charge on any atom is 0.133 e. The number of nitrogens with zero attached hydrogens (tertiary/aromatic N) is 2. The van der Waals surface area contributed by atoms with Crippen molar-refractivity contribution in [3.8, 4) is 0 Å². The van der Waals surface area contributed by atoms with Crippen molar-refractivity contribution in [1.29, 1.82) is 0 Å². The zero-order chi connectivity index (χ0) is 12.1. The number of aromatic nitrogens is 1. The van der Waals surface area contributed by atoms with Crippen molar-refractivity contribution in [2.75, 3.05) is 24.5 Å². The van der Waals surface area contributed by atoms with Crippen LogP contribution in [0.4, 0.5) is 5.82 Å². The average molecular weight is 235 g/mol. The van der Waals surface area contributed by atoms with E-state index >= 15 is 0 Å². The van der Waals surface area contributed by atoms with Crippen LogP contribution in [0.5, 0.6) is 0 Å². The van der Waals surface area contributed by atoms with E-state index in [1.807, 2.05) is 12.3 Å². The smallest absolute Gasteiger partial charge is 0.133 e. The van der Waals surface area contributed by atoms with Crippen molar-refractivity contribution in [1.82, 2.24) is 10.3 Å². The van der Waals surface area contributed by atoms with Gasteiger partial charge in [0.1, 0.15) is 5.82 Å². The second-order valence-corrected chi connectivity index (χ2v) is 4.48. The molecular weight excluding hydrogens is 214 g/mol. The Hall–Kier alpha value is -1.13. The molecule has 4 nitrogen and oxygen atoms in total. The van der Waals surface area contributed by atoms with Gasteiger partial charge >= 0.3 is 0 Å². The van der Waals surface area contributed by atoms with E-state index in [0.717, 1.165) is 44.8 Å². The maximum absolute atomic E-state index is 9.53. The third kappa shape index (κ3) is 3.17. The van der Waals surface area contributed by atoms with Gasteiger partial charge in [0.05, 0.1) is 6.10 Å². The summed E-state index contributed by atoms with van der Waals surface area (Å²) in [6.45, 7) is 5.73. The fraction of sp³-hybridized carbons (Fsp3) is 0.615. The monoisotopic (exact) mass is 235 g/mol. The lowest BCUT2D eigenvalue weighted by Gasteiger charge is -2.31. The number of nitrogens with one attached hydrogen (secondary N) is 1. The van der Waals surface area contributed by atoms with Crippen LogP contribution in [0.2, 0.25) is 0 Å². The molecule has 1 saturated heterocycles. The minimum atomic E-state index is -0.132. The van der Waals surface area contributed by atoms with Crippen molar-refractivity contribution in [2.45, 2.75) is 32.4 Å². The molecule has 1 fully saturated rings. The third-order valence-electron chi connectivity index (χ3n) is 3.20. The molecule has 0 radical (unpaired) electrons.